The van der Waals surface area contributed by atoms with E-state index in [1.165, 1.54) is 31.3 Å². The molecule has 6 heteroatoms. The number of carboxylic acid groups (broad SMARTS) is 1. The topological polar surface area (TPSA) is 82.1 Å². The van der Waals surface area contributed by atoms with Gasteiger partial charge >= 0.3 is 11.9 Å². The third-order valence-corrected chi connectivity index (χ3v) is 12.2. The Morgan fingerprint density at radius 1 is 1.08 bits per heavy atom. The van der Waals surface area contributed by atoms with E-state index in [4.69, 9.17) is 19.3 Å². The van der Waals surface area contributed by atoms with Gasteiger partial charge in [0, 0.05) is 18.8 Å². The van der Waals surface area contributed by atoms with E-state index >= 15 is 0 Å². The molecule has 5 fully saturated rings. The van der Waals surface area contributed by atoms with E-state index in [1.807, 2.05) is 0 Å². The first-order valence-corrected chi connectivity index (χ1v) is 15.0. The molecule has 0 radical (unpaired) electrons. The highest BCUT2D eigenvalue weighted by Gasteiger charge is 2.68. The molecule has 6 nitrogen and oxygen atoms in total. The molecule has 0 aromatic carbocycles. The standard InChI is InChI=1S/C31H46O6/c1-18-9-14-31(35-17-18)19(2)28-25(37-31)16-24-22-6-5-20-15-21(36-27(34)8-7-26(32)33)10-12-29(20,3)23(22)11-13-30(24,28)4/h5,18-19,21-25,28H,6-17H2,1-4H3,(H,32,33)/t18-,19-,21+,22+,23-,24-,25+,28-,29-,30-,31+/m0/s1. The molecule has 4 aliphatic carbocycles. The SMILES string of the molecule is C[C@H]1CC[C@@]2(OC1)O[C@@H]1C[C@H]3[C@@H]4CC=C5C[C@H](OC(=O)CCC(=O)O)CC[C@]5(C)[C@H]4CC[C@]3(C)[C@H]1[C@@H]2C. The van der Waals surface area contributed by atoms with Gasteiger partial charge in [-0.3, -0.25) is 9.59 Å². The molecule has 11 atom stereocenters. The molecule has 1 N–H and O–H groups in total. The summed E-state index contributed by atoms with van der Waals surface area (Å²) in [5, 5.41) is 8.86. The second-order valence-corrected chi connectivity index (χ2v) is 14.0. The van der Waals surface area contributed by atoms with Crippen molar-refractivity contribution in [1.82, 2.24) is 0 Å². The lowest BCUT2D eigenvalue weighted by molar-refractivity contribution is -0.272. The van der Waals surface area contributed by atoms with Gasteiger partial charge in [-0.2, -0.15) is 0 Å². The molecule has 2 saturated heterocycles. The molecule has 1 spiro atoms. The summed E-state index contributed by atoms with van der Waals surface area (Å²) < 4.78 is 19.1. The maximum atomic E-state index is 12.2. The first-order chi connectivity index (χ1) is 17.6. The van der Waals surface area contributed by atoms with Crippen LogP contribution in [0, 0.1) is 46.3 Å². The Morgan fingerprint density at radius 2 is 1.89 bits per heavy atom. The highest BCUT2D eigenvalue weighted by molar-refractivity contribution is 5.76. The van der Waals surface area contributed by atoms with Crippen LogP contribution in [0.1, 0.15) is 98.3 Å². The molecule has 206 valence electrons. The van der Waals surface area contributed by atoms with Gasteiger partial charge in [-0.1, -0.05) is 39.3 Å². The fraction of sp³-hybridized carbons (Fsp3) is 0.871. The molecule has 2 heterocycles. The van der Waals surface area contributed by atoms with Crippen molar-refractivity contribution >= 4 is 11.9 Å². The number of carbonyl (C=O) groups is 2. The largest absolute Gasteiger partial charge is 0.481 e. The van der Waals surface area contributed by atoms with Crippen LogP contribution < -0.4 is 0 Å². The minimum atomic E-state index is -0.953. The van der Waals surface area contributed by atoms with Gasteiger partial charge in [0.2, 0.25) is 0 Å². The molecule has 0 unspecified atom stereocenters. The lowest BCUT2D eigenvalue weighted by Gasteiger charge is -2.58. The zero-order valence-electron chi connectivity index (χ0n) is 23.2. The molecule has 6 rings (SSSR count). The number of carboxylic acids is 1. The zero-order valence-corrected chi connectivity index (χ0v) is 23.2. The summed E-state index contributed by atoms with van der Waals surface area (Å²) in [5.74, 6) is 2.08. The van der Waals surface area contributed by atoms with Crippen molar-refractivity contribution in [1.29, 1.82) is 0 Å². The van der Waals surface area contributed by atoms with Crippen molar-refractivity contribution in [2.24, 2.45) is 46.3 Å². The molecule has 0 aromatic heterocycles. The Kier molecular flexibility index (Phi) is 6.34. The number of rotatable bonds is 4. The zero-order chi connectivity index (χ0) is 26.2. The van der Waals surface area contributed by atoms with Crippen LogP contribution in [0.4, 0.5) is 0 Å². The Bertz CT molecular complexity index is 965. The second kappa shape index (κ2) is 9.08. The van der Waals surface area contributed by atoms with E-state index in [-0.39, 0.29) is 36.1 Å². The number of hydrogen-bond donors (Lipinski definition) is 1. The van der Waals surface area contributed by atoms with Crippen LogP contribution in [0.3, 0.4) is 0 Å². The van der Waals surface area contributed by atoms with Crippen LogP contribution in [0.5, 0.6) is 0 Å². The summed E-state index contributed by atoms with van der Waals surface area (Å²) >= 11 is 0. The average Bonchev–Trinajstić information content (AvgIpc) is 3.30. The molecule has 0 aromatic rings. The molecule has 2 aliphatic heterocycles. The van der Waals surface area contributed by atoms with E-state index in [2.05, 4.69) is 33.8 Å². The van der Waals surface area contributed by atoms with Crippen molar-refractivity contribution in [2.75, 3.05) is 6.61 Å². The van der Waals surface area contributed by atoms with E-state index in [1.54, 1.807) is 0 Å². The van der Waals surface area contributed by atoms with Crippen molar-refractivity contribution in [3.63, 3.8) is 0 Å². The van der Waals surface area contributed by atoms with Crippen molar-refractivity contribution in [3.8, 4) is 0 Å². The third kappa shape index (κ3) is 4.02. The van der Waals surface area contributed by atoms with Crippen LogP contribution >= 0.6 is 0 Å². The minimum absolute atomic E-state index is 0.0404. The van der Waals surface area contributed by atoms with E-state index < -0.39 is 5.97 Å². The van der Waals surface area contributed by atoms with Crippen LogP contribution in [0.15, 0.2) is 11.6 Å². The van der Waals surface area contributed by atoms with Crippen LogP contribution in [0.2, 0.25) is 0 Å². The lowest BCUT2D eigenvalue weighted by Crippen LogP contribution is -2.52. The predicted octanol–water partition coefficient (Wildman–Crippen LogP) is 6.13. The first-order valence-electron chi connectivity index (χ1n) is 15.0. The quantitative estimate of drug-likeness (QED) is 0.359. The highest BCUT2D eigenvalue weighted by Crippen LogP contribution is 2.70. The minimum Gasteiger partial charge on any atom is -0.481 e. The third-order valence-electron chi connectivity index (χ3n) is 12.2. The monoisotopic (exact) mass is 514 g/mol. The highest BCUT2D eigenvalue weighted by atomic mass is 16.7. The molecular formula is C31H46O6. The number of hydrogen-bond acceptors (Lipinski definition) is 5. The normalized spacial score (nSPS) is 50.4. The summed E-state index contributed by atoms with van der Waals surface area (Å²) in [6.45, 7) is 10.6. The van der Waals surface area contributed by atoms with Gasteiger partial charge in [0.25, 0.3) is 0 Å². The number of ether oxygens (including phenoxy) is 3. The summed E-state index contributed by atoms with van der Waals surface area (Å²) in [6, 6.07) is 0. The van der Waals surface area contributed by atoms with Crippen LogP contribution in [-0.4, -0.2) is 41.6 Å². The molecule has 0 amide bonds. The van der Waals surface area contributed by atoms with Crippen molar-refractivity contribution < 1.29 is 28.9 Å². The summed E-state index contributed by atoms with van der Waals surface area (Å²) in [7, 11) is 0. The smallest absolute Gasteiger partial charge is 0.306 e. The summed E-state index contributed by atoms with van der Waals surface area (Å²) in [5.41, 5.74) is 1.98. The molecule has 3 saturated carbocycles. The van der Waals surface area contributed by atoms with Gasteiger partial charge < -0.3 is 19.3 Å². The Balaban J connectivity index is 1.16. The molecule has 6 aliphatic rings. The van der Waals surface area contributed by atoms with Gasteiger partial charge in [0.15, 0.2) is 5.79 Å². The van der Waals surface area contributed by atoms with Gasteiger partial charge in [-0.05, 0) is 85.4 Å². The van der Waals surface area contributed by atoms with Crippen molar-refractivity contribution in [2.45, 2.75) is 116 Å². The van der Waals surface area contributed by atoms with Gasteiger partial charge in [-0.15, -0.1) is 0 Å². The number of allylic oxidation sites excluding steroid dienone is 1. The maximum Gasteiger partial charge on any atom is 0.306 e. The number of fused-ring (bicyclic) bond motifs is 7. The van der Waals surface area contributed by atoms with Crippen LogP contribution in [0.25, 0.3) is 0 Å². The number of aliphatic carboxylic acids is 1. The van der Waals surface area contributed by atoms with Gasteiger partial charge in [0.1, 0.15) is 6.10 Å². The van der Waals surface area contributed by atoms with Gasteiger partial charge in [0.05, 0.1) is 25.6 Å². The Hall–Kier alpha value is -1.40. The molecule has 37 heavy (non-hydrogen) atoms. The number of esters is 1. The fourth-order valence-corrected chi connectivity index (χ4v) is 10.2. The second-order valence-electron chi connectivity index (χ2n) is 14.0. The van der Waals surface area contributed by atoms with E-state index in [0.29, 0.717) is 47.0 Å². The van der Waals surface area contributed by atoms with E-state index in [0.717, 1.165) is 38.7 Å². The lowest BCUT2D eigenvalue weighted by atomic mass is 9.47. The van der Waals surface area contributed by atoms with Gasteiger partial charge in [-0.25, -0.2) is 0 Å². The van der Waals surface area contributed by atoms with Crippen LogP contribution in [-0.2, 0) is 23.8 Å². The molecule has 0 bridgehead atoms. The Morgan fingerprint density at radius 3 is 2.62 bits per heavy atom. The van der Waals surface area contributed by atoms with Crippen molar-refractivity contribution in [3.05, 3.63) is 11.6 Å². The summed E-state index contributed by atoms with van der Waals surface area (Å²) in [6.07, 6.45) is 12.4. The van der Waals surface area contributed by atoms with E-state index in [9.17, 15) is 9.59 Å². The fourth-order valence-electron chi connectivity index (χ4n) is 10.2. The first kappa shape index (κ1) is 25.9. The summed E-state index contributed by atoms with van der Waals surface area (Å²) in [4.78, 5) is 23.0. The predicted molar refractivity (Wildman–Crippen MR) is 138 cm³/mol. The number of carbonyl (C=O) groups excluding carboxylic acids is 1. The Labute approximate surface area is 221 Å². The maximum absolute atomic E-state index is 12.2. The molecular weight excluding hydrogens is 468 g/mol. The average molecular weight is 515 g/mol.